The second-order valence-corrected chi connectivity index (χ2v) is 1.09. The largest absolute Gasteiger partial charge is 1.00 e. The third-order valence-corrected chi connectivity index (χ3v) is 0.655. The first-order chi connectivity index (χ1) is 3.35. The first-order valence-electron chi connectivity index (χ1n) is 1.17. The maximum atomic E-state index is 4.65. The van der Waals surface area contributed by atoms with E-state index in [1.54, 1.807) is 0 Å². The maximum Gasteiger partial charge on any atom is 1.00 e. The molecule has 0 aliphatic carbocycles. The molecule has 0 unspecified atom stereocenters. The Balaban J connectivity index is -0.00000000198. The van der Waals surface area contributed by atoms with Crippen molar-refractivity contribution in [2.75, 3.05) is 0 Å². The Labute approximate surface area is 454 Å². The van der Waals surface area contributed by atoms with E-state index in [-0.39, 0.29) is 417 Å². The summed E-state index contributed by atoms with van der Waals surface area (Å²) in [6.45, 7) is 0. The summed E-state index contributed by atoms with van der Waals surface area (Å²) in [5, 5.41) is 0. The van der Waals surface area contributed by atoms with Gasteiger partial charge in [-0.05, 0) is 0 Å². The zero-order valence-electron chi connectivity index (χ0n) is 16.9. The molecule has 0 amide bonds. The number of hydrogen-bond acceptors (Lipinski definition) is 3. The fourth-order valence-corrected chi connectivity index (χ4v) is 0.371. The van der Waals surface area contributed by atoms with Crippen LogP contribution in [0, 0.1) is 0 Å². The van der Waals surface area contributed by atoms with Crippen LogP contribution in [-0.4, -0.2) is 7.32 Å². The molecule has 0 aromatic carbocycles. The van der Waals surface area contributed by atoms with Crippen LogP contribution in [0.1, 0.15) is 9.99 Å². The molecule has 0 radical (unpaired) electrons. The second-order valence-electron chi connectivity index (χ2n) is 0.556. The van der Waals surface area contributed by atoms with Gasteiger partial charge in [0.1, 0.15) is 0 Å². The van der Waals surface area contributed by atoms with Crippen LogP contribution in [-0.2, 0) is 12.6 Å². The summed E-state index contributed by atoms with van der Waals surface area (Å²) in [5.74, 6) is 0. The first kappa shape index (κ1) is 50.8. The number of halogens is 3. The van der Waals surface area contributed by atoms with E-state index < -0.39 is 7.32 Å². The van der Waals surface area contributed by atoms with E-state index in [9.17, 15) is 0 Å². The van der Waals surface area contributed by atoms with Gasteiger partial charge in [-0.2, -0.15) is 0 Å². The summed E-state index contributed by atoms with van der Waals surface area (Å²) in [6, 6.07) is 0. The van der Waals surface area contributed by atoms with Gasteiger partial charge in [-0.1, -0.05) is 0 Å². The Morgan fingerprint density at radius 3 is 0.714 bits per heavy atom. The van der Waals surface area contributed by atoms with Crippen LogP contribution in [0.25, 0.3) is 0 Å². The minimum atomic E-state index is -1.22. The van der Waals surface area contributed by atoms with Gasteiger partial charge in [-0.15, -0.1) is 0 Å². The number of rotatable bonds is 3. The Morgan fingerprint density at radius 1 is 0.571 bits per heavy atom. The summed E-state index contributed by atoms with van der Waals surface area (Å²) >= 11 is 13.9. The SMILES string of the molecule is ClOB(OCl)OCl.[H-].[H-].[H-].[H-].[H-].[H-].[H-].[Rb+].[Rb+].[Rb+].[Rb+].[Rb+].[Rb+].[Rb+]. The van der Waals surface area contributed by atoms with Crippen LogP contribution in [0.3, 0.4) is 0 Å². The van der Waals surface area contributed by atoms with Gasteiger partial charge in [0.25, 0.3) is 0 Å². The van der Waals surface area contributed by atoms with Crippen molar-refractivity contribution in [2.24, 2.45) is 0 Å². The molecule has 0 aliphatic heterocycles. The fourth-order valence-electron chi connectivity index (χ4n) is 0.0412. The van der Waals surface area contributed by atoms with Gasteiger partial charge in [0.2, 0.25) is 0 Å². The van der Waals surface area contributed by atoms with Crippen molar-refractivity contribution >= 4 is 42.9 Å². The van der Waals surface area contributed by atoms with Gasteiger partial charge < -0.3 is 9.99 Å². The molecule has 3 nitrogen and oxygen atoms in total. The van der Waals surface area contributed by atoms with Crippen LogP contribution >= 0.6 is 35.6 Å². The monoisotopic (exact) mass is 765 g/mol. The molecule has 0 bridgehead atoms. The van der Waals surface area contributed by atoms with E-state index in [0.29, 0.717) is 0 Å². The second kappa shape index (κ2) is 45.3. The summed E-state index contributed by atoms with van der Waals surface area (Å²) in [7, 11) is -1.22. The van der Waals surface area contributed by atoms with Crippen molar-refractivity contribution in [3.63, 3.8) is 0 Å². The van der Waals surface area contributed by atoms with Crippen molar-refractivity contribution in [3.05, 3.63) is 0 Å². The predicted octanol–water partition coefficient (Wildman–Crippen LogP) is -18.7. The maximum absolute atomic E-state index is 4.65. The summed E-state index contributed by atoms with van der Waals surface area (Å²) in [5.41, 5.74) is 0. The van der Waals surface area contributed by atoms with Gasteiger partial charge in [-0.3, -0.25) is 12.6 Å². The molecule has 0 N–H and O–H groups in total. The fraction of sp³-hybridized carbons (Fsp3) is 0. The van der Waals surface area contributed by atoms with E-state index >= 15 is 0 Å². The Hall–Kier alpha value is 13.5. The first-order valence-corrected chi connectivity index (χ1v) is 2.10. The molecule has 56 valence electrons. The van der Waals surface area contributed by atoms with Crippen LogP contribution in [0.15, 0.2) is 0 Å². The van der Waals surface area contributed by atoms with Crippen LogP contribution < -0.4 is 407 Å². The molecule has 0 fully saturated rings. The molecule has 0 saturated carbocycles. The normalized spacial score (nSPS) is 4.50. The van der Waals surface area contributed by atoms with E-state index in [4.69, 9.17) is 0 Å². The molecule has 0 rings (SSSR count). The molecule has 14 heteroatoms. The molecule has 0 aliphatic rings. The predicted molar refractivity (Wildman–Crippen MR) is 34.4 cm³/mol. The van der Waals surface area contributed by atoms with Crippen molar-refractivity contribution in [1.82, 2.24) is 0 Å². The zero-order chi connectivity index (χ0) is 5.70. The summed E-state index contributed by atoms with van der Waals surface area (Å²) in [4.78, 5) is 0. The topological polar surface area (TPSA) is 27.7 Å². The van der Waals surface area contributed by atoms with E-state index in [0.717, 1.165) is 0 Å². The van der Waals surface area contributed by atoms with Crippen LogP contribution in [0.4, 0.5) is 0 Å². The molecule has 0 aromatic heterocycles. The molecule has 0 saturated heterocycles. The van der Waals surface area contributed by atoms with Crippen LogP contribution in [0.5, 0.6) is 0 Å². The summed E-state index contributed by atoms with van der Waals surface area (Å²) < 4.78 is 11.4. The van der Waals surface area contributed by atoms with E-state index in [2.05, 4.69) is 48.2 Å². The Morgan fingerprint density at radius 2 is 0.714 bits per heavy atom. The van der Waals surface area contributed by atoms with Gasteiger partial charge in [-0.25, -0.2) is 0 Å². The summed E-state index contributed by atoms with van der Waals surface area (Å²) in [6.07, 6.45) is 0. The number of hydrogen-bond donors (Lipinski definition) is 0. The Kier molecular flexibility index (Phi) is 164. The third-order valence-electron chi connectivity index (χ3n) is 0.218. The van der Waals surface area contributed by atoms with Gasteiger partial charge >= 0.3 is 415 Å². The average Bonchev–Trinajstić information content (AvgIpc) is 1.72. The molecule has 0 aromatic rings. The van der Waals surface area contributed by atoms with Gasteiger partial charge in [0.15, 0.2) is 0 Å². The molecule has 14 heavy (non-hydrogen) atoms. The van der Waals surface area contributed by atoms with E-state index in [1.165, 1.54) is 0 Å². The van der Waals surface area contributed by atoms with Gasteiger partial charge in [0, 0.05) is 35.6 Å². The zero-order valence-corrected chi connectivity index (χ0v) is 46.6. The molecule has 0 spiro atoms. The molecule has 0 atom stereocenters. The van der Waals surface area contributed by atoms with E-state index in [1.807, 2.05) is 0 Å². The molecular weight excluding hydrogens is 763 g/mol. The third kappa shape index (κ3) is 40.2. The Bertz CT molecular complexity index is 64.9. The quantitative estimate of drug-likeness (QED) is 0.268. The minimum absolute atomic E-state index is 0. The molecular formula is H7BCl3O3Rb7. The smallest absolute Gasteiger partial charge is 1.00 e. The molecule has 0 heterocycles. The van der Waals surface area contributed by atoms with Crippen molar-refractivity contribution in [2.45, 2.75) is 0 Å². The van der Waals surface area contributed by atoms with Crippen molar-refractivity contribution in [1.29, 1.82) is 0 Å². The van der Waals surface area contributed by atoms with Crippen molar-refractivity contribution < 1.29 is 430 Å². The minimum Gasteiger partial charge on any atom is -1.00 e. The standard InChI is InChI=1S/BCl3O3.7Rb.7H/c2-5-1(6-3)7-4;;;;;;;;;;;;;;/q;7*+1;7*-1. The van der Waals surface area contributed by atoms with Gasteiger partial charge in [0.05, 0.1) is 0 Å². The van der Waals surface area contributed by atoms with Crippen LogP contribution in [0.2, 0.25) is 0 Å². The average molecular weight is 770 g/mol. The van der Waals surface area contributed by atoms with Crippen molar-refractivity contribution in [3.8, 4) is 0 Å².